The van der Waals surface area contributed by atoms with E-state index >= 15 is 0 Å². The zero-order chi connectivity index (χ0) is 18.1. The van der Waals surface area contributed by atoms with Gasteiger partial charge in [0.05, 0.1) is 12.9 Å². The van der Waals surface area contributed by atoms with Crippen molar-refractivity contribution in [2.24, 2.45) is 0 Å². The van der Waals surface area contributed by atoms with Crippen LogP contribution >= 0.6 is 0 Å². The lowest BCUT2D eigenvalue weighted by atomic mass is 10.00. The molecule has 2 heterocycles. The predicted octanol–water partition coefficient (Wildman–Crippen LogP) is 4.24. The summed E-state index contributed by atoms with van der Waals surface area (Å²) in [4.78, 5) is 3.86. The van der Waals surface area contributed by atoms with Crippen molar-refractivity contribution in [3.63, 3.8) is 0 Å². The number of rotatable bonds is 4. The lowest BCUT2D eigenvalue weighted by molar-refractivity contribution is 0.421. The Kier molecular flexibility index (Phi) is 3.96. The van der Waals surface area contributed by atoms with Crippen molar-refractivity contribution >= 4 is 0 Å². The van der Waals surface area contributed by atoms with Crippen LogP contribution in [0.4, 0.5) is 8.78 Å². The molecule has 0 atom stereocenters. The van der Waals surface area contributed by atoms with E-state index in [0.717, 1.165) is 0 Å². The summed E-state index contributed by atoms with van der Waals surface area (Å²) in [5, 5.41) is 14.0. The SMILES string of the molecule is Oc1cc(-c2cc(F)c(Cn3ccnc3)c(F)c2)ccc1-c1ccon1. The molecule has 0 aliphatic carbocycles. The first-order chi connectivity index (χ1) is 12.6. The Hall–Kier alpha value is -3.48. The van der Waals surface area contributed by atoms with E-state index in [9.17, 15) is 13.9 Å². The largest absolute Gasteiger partial charge is 0.507 e. The highest BCUT2D eigenvalue weighted by atomic mass is 19.1. The summed E-state index contributed by atoms with van der Waals surface area (Å²) < 4.78 is 35.2. The van der Waals surface area contributed by atoms with E-state index in [1.165, 1.54) is 30.8 Å². The van der Waals surface area contributed by atoms with E-state index in [0.29, 0.717) is 22.4 Å². The number of aromatic nitrogens is 3. The summed E-state index contributed by atoms with van der Waals surface area (Å²) in [7, 11) is 0. The molecule has 7 heteroatoms. The Morgan fingerprint density at radius 1 is 1.04 bits per heavy atom. The zero-order valence-corrected chi connectivity index (χ0v) is 13.4. The molecular formula is C19H13F2N3O2. The highest BCUT2D eigenvalue weighted by Crippen LogP contribution is 2.33. The van der Waals surface area contributed by atoms with Gasteiger partial charge in [0.15, 0.2) is 0 Å². The van der Waals surface area contributed by atoms with Crippen molar-refractivity contribution in [3.8, 4) is 28.1 Å². The van der Waals surface area contributed by atoms with Gasteiger partial charge in [0, 0.05) is 29.6 Å². The van der Waals surface area contributed by atoms with Crippen molar-refractivity contribution in [1.82, 2.24) is 14.7 Å². The summed E-state index contributed by atoms with van der Waals surface area (Å²) in [6, 6.07) is 8.83. The van der Waals surface area contributed by atoms with Gasteiger partial charge in [-0.2, -0.15) is 0 Å². The minimum absolute atomic E-state index is 0.0461. The van der Waals surface area contributed by atoms with Gasteiger partial charge in [-0.3, -0.25) is 0 Å². The Labute approximate surface area is 147 Å². The molecule has 4 rings (SSSR count). The van der Waals surface area contributed by atoms with Crippen molar-refractivity contribution in [2.45, 2.75) is 6.54 Å². The summed E-state index contributed by atoms with van der Waals surface area (Å²) in [6.07, 6.45) is 6.07. The van der Waals surface area contributed by atoms with E-state index in [1.807, 2.05) is 0 Å². The van der Waals surface area contributed by atoms with Crippen LogP contribution in [-0.4, -0.2) is 19.8 Å². The van der Waals surface area contributed by atoms with Crippen LogP contribution in [0.2, 0.25) is 0 Å². The number of phenolic OH excluding ortho intramolecular Hbond substituents is 1. The molecule has 0 saturated heterocycles. The van der Waals surface area contributed by atoms with Crippen LogP contribution in [0.1, 0.15) is 5.56 Å². The van der Waals surface area contributed by atoms with Crippen molar-refractivity contribution < 1.29 is 18.4 Å². The van der Waals surface area contributed by atoms with Gasteiger partial charge in [0.25, 0.3) is 0 Å². The maximum atomic E-state index is 14.4. The number of benzene rings is 2. The molecule has 130 valence electrons. The van der Waals surface area contributed by atoms with Crippen LogP contribution in [0.15, 0.2) is 65.9 Å². The van der Waals surface area contributed by atoms with Gasteiger partial charge in [-0.1, -0.05) is 11.2 Å². The molecule has 0 aliphatic heterocycles. The minimum atomic E-state index is -0.659. The lowest BCUT2D eigenvalue weighted by Gasteiger charge is -2.10. The molecule has 0 bridgehead atoms. The number of phenols is 1. The first-order valence-electron chi connectivity index (χ1n) is 7.79. The molecule has 4 aromatic rings. The van der Waals surface area contributed by atoms with E-state index in [1.54, 1.807) is 35.2 Å². The molecule has 0 aliphatic rings. The predicted molar refractivity (Wildman–Crippen MR) is 90.3 cm³/mol. The van der Waals surface area contributed by atoms with E-state index in [4.69, 9.17) is 4.52 Å². The average molecular weight is 353 g/mol. The highest BCUT2D eigenvalue weighted by molar-refractivity contribution is 5.74. The summed E-state index contributed by atoms with van der Waals surface area (Å²) in [5.41, 5.74) is 1.72. The second-order valence-electron chi connectivity index (χ2n) is 5.77. The molecule has 26 heavy (non-hydrogen) atoms. The maximum absolute atomic E-state index is 14.4. The highest BCUT2D eigenvalue weighted by Gasteiger charge is 2.14. The molecule has 5 nitrogen and oxygen atoms in total. The van der Waals surface area contributed by atoms with Gasteiger partial charge < -0.3 is 14.2 Å². The zero-order valence-electron chi connectivity index (χ0n) is 13.4. The number of nitrogens with zero attached hydrogens (tertiary/aromatic N) is 3. The molecule has 0 fully saturated rings. The molecule has 0 amide bonds. The topological polar surface area (TPSA) is 64.1 Å². The van der Waals surface area contributed by atoms with Crippen LogP contribution in [0.5, 0.6) is 5.75 Å². The molecule has 1 N–H and O–H groups in total. The number of halogens is 2. The Morgan fingerprint density at radius 2 is 1.85 bits per heavy atom. The van der Waals surface area contributed by atoms with Crippen LogP contribution in [0, 0.1) is 11.6 Å². The second-order valence-corrected chi connectivity index (χ2v) is 5.77. The smallest absolute Gasteiger partial charge is 0.131 e. The summed E-state index contributed by atoms with van der Waals surface area (Å²) in [5.74, 6) is -1.37. The third kappa shape index (κ3) is 2.95. The Balaban J connectivity index is 1.69. The number of hydrogen-bond donors (Lipinski definition) is 1. The quantitative estimate of drug-likeness (QED) is 0.596. The molecule has 0 unspecified atom stereocenters. The van der Waals surface area contributed by atoms with Gasteiger partial charge in [-0.15, -0.1) is 0 Å². The van der Waals surface area contributed by atoms with Crippen molar-refractivity contribution in [1.29, 1.82) is 0 Å². The van der Waals surface area contributed by atoms with Crippen LogP contribution in [-0.2, 0) is 6.54 Å². The second kappa shape index (κ2) is 6.44. The van der Waals surface area contributed by atoms with E-state index in [2.05, 4.69) is 10.1 Å². The Bertz CT molecular complexity index is 1020. The van der Waals surface area contributed by atoms with Crippen molar-refractivity contribution in [3.05, 3.63) is 78.6 Å². The minimum Gasteiger partial charge on any atom is -0.507 e. The number of hydrogen-bond acceptors (Lipinski definition) is 4. The maximum Gasteiger partial charge on any atom is 0.131 e. The fourth-order valence-corrected chi connectivity index (χ4v) is 2.76. The van der Waals surface area contributed by atoms with Crippen LogP contribution < -0.4 is 0 Å². The fraction of sp³-hybridized carbons (Fsp3) is 0.0526. The average Bonchev–Trinajstić information content (AvgIpc) is 3.31. The number of imidazole rings is 1. The van der Waals surface area contributed by atoms with Gasteiger partial charge in [-0.25, -0.2) is 13.8 Å². The van der Waals surface area contributed by atoms with Crippen molar-refractivity contribution in [2.75, 3.05) is 0 Å². The molecule has 2 aromatic carbocycles. The number of aromatic hydroxyl groups is 1. The van der Waals surface area contributed by atoms with Crippen LogP contribution in [0.3, 0.4) is 0 Å². The fourth-order valence-electron chi connectivity index (χ4n) is 2.76. The molecule has 0 spiro atoms. The first-order valence-corrected chi connectivity index (χ1v) is 7.79. The molecule has 0 radical (unpaired) electrons. The summed E-state index contributed by atoms with van der Waals surface area (Å²) >= 11 is 0. The molecular weight excluding hydrogens is 340 g/mol. The van der Waals surface area contributed by atoms with Gasteiger partial charge in [0.2, 0.25) is 0 Å². The normalized spacial score (nSPS) is 11.0. The van der Waals surface area contributed by atoms with E-state index in [-0.39, 0.29) is 17.9 Å². The van der Waals surface area contributed by atoms with E-state index < -0.39 is 11.6 Å². The summed E-state index contributed by atoms with van der Waals surface area (Å²) in [6.45, 7) is 0.0499. The molecule has 0 saturated carbocycles. The monoisotopic (exact) mass is 353 g/mol. The third-order valence-corrected chi connectivity index (χ3v) is 4.09. The molecule has 2 aromatic heterocycles. The Morgan fingerprint density at radius 3 is 2.46 bits per heavy atom. The third-order valence-electron chi connectivity index (χ3n) is 4.09. The van der Waals surface area contributed by atoms with Crippen LogP contribution in [0.25, 0.3) is 22.4 Å². The first kappa shape index (κ1) is 16.0. The van der Waals surface area contributed by atoms with Gasteiger partial charge in [-0.05, 0) is 35.4 Å². The standard InChI is InChI=1S/C19H13F2N3O2/c20-16-7-13(8-17(21)15(16)10-24-5-4-22-11-24)12-1-2-14(19(25)9-12)18-3-6-26-23-18/h1-9,11,25H,10H2. The lowest BCUT2D eigenvalue weighted by Crippen LogP contribution is -2.03. The van der Waals surface area contributed by atoms with Gasteiger partial charge >= 0.3 is 0 Å². The van der Waals surface area contributed by atoms with Gasteiger partial charge in [0.1, 0.15) is 29.3 Å².